The molecule has 0 aliphatic heterocycles. The summed E-state index contributed by atoms with van der Waals surface area (Å²) in [6, 6.07) is 24.3. The Morgan fingerprint density at radius 1 is 0.769 bits per heavy atom. The maximum atomic E-state index is 11.6. The summed E-state index contributed by atoms with van der Waals surface area (Å²) in [7, 11) is -3.13. The highest BCUT2D eigenvalue weighted by molar-refractivity contribution is 7.90. The van der Waals surface area contributed by atoms with Crippen LogP contribution in [-0.2, 0) is 22.8 Å². The summed E-state index contributed by atoms with van der Waals surface area (Å²) in [5.74, 6) is 0. The number of nitrogens with zero attached hydrogens (tertiary/aromatic N) is 1. The normalized spacial score (nSPS) is 12.0. The van der Waals surface area contributed by atoms with Crippen LogP contribution >= 0.6 is 0 Å². The van der Waals surface area contributed by atoms with E-state index in [1.165, 1.54) is 28.1 Å². The SMILES string of the molecule is CS(=O)(=O)c1ccc(CCCn2c3ccccc3c3ccccc32)cc1. The van der Waals surface area contributed by atoms with Crippen molar-refractivity contribution in [2.24, 2.45) is 0 Å². The summed E-state index contributed by atoms with van der Waals surface area (Å²) in [6.07, 6.45) is 3.16. The summed E-state index contributed by atoms with van der Waals surface area (Å²) >= 11 is 0. The highest BCUT2D eigenvalue weighted by Crippen LogP contribution is 2.29. The van der Waals surface area contributed by atoms with Crippen LogP contribution in [0.4, 0.5) is 0 Å². The summed E-state index contributed by atoms with van der Waals surface area (Å²) < 4.78 is 25.5. The monoisotopic (exact) mass is 363 g/mol. The van der Waals surface area contributed by atoms with Gasteiger partial charge in [0, 0.05) is 34.6 Å². The molecule has 0 bridgehead atoms. The topological polar surface area (TPSA) is 39.1 Å². The van der Waals surface area contributed by atoms with Crippen molar-refractivity contribution >= 4 is 31.6 Å². The van der Waals surface area contributed by atoms with E-state index in [4.69, 9.17) is 0 Å². The average molecular weight is 363 g/mol. The molecular weight excluding hydrogens is 342 g/mol. The van der Waals surface area contributed by atoms with Crippen LogP contribution in [0.3, 0.4) is 0 Å². The predicted octanol–water partition coefficient (Wildman–Crippen LogP) is 4.83. The van der Waals surface area contributed by atoms with Gasteiger partial charge in [0.2, 0.25) is 0 Å². The third-order valence-electron chi connectivity index (χ3n) is 4.88. The van der Waals surface area contributed by atoms with Crippen molar-refractivity contribution in [3.63, 3.8) is 0 Å². The molecule has 0 aliphatic rings. The third kappa shape index (κ3) is 3.13. The number of para-hydroxylation sites is 2. The van der Waals surface area contributed by atoms with Crippen LogP contribution < -0.4 is 0 Å². The molecule has 0 saturated carbocycles. The maximum absolute atomic E-state index is 11.6. The van der Waals surface area contributed by atoms with Crippen LogP contribution in [0.25, 0.3) is 21.8 Å². The molecule has 3 aromatic carbocycles. The number of sulfone groups is 1. The molecule has 3 nitrogen and oxygen atoms in total. The van der Waals surface area contributed by atoms with Gasteiger partial charge in [0.05, 0.1) is 4.90 Å². The van der Waals surface area contributed by atoms with E-state index in [0.717, 1.165) is 24.9 Å². The lowest BCUT2D eigenvalue weighted by atomic mass is 10.1. The van der Waals surface area contributed by atoms with Crippen molar-refractivity contribution in [1.82, 2.24) is 4.57 Å². The first-order valence-corrected chi connectivity index (χ1v) is 10.7. The van der Waals surface area contributed by atoms with E-state index < -0.39 is 9.84 Å². The van der Waals surface area contributed by atoms with E-state index in [9.17, 15) is 8.42 Å². The minimum atomic E-state index is -3.13. The van der Waals surface area contributed by atoms with Crippen LogP contribution in [0, 0.1) is 0 Å². The first-order chi connectivity index (χ1) is 12.5. The number of aryl methyl sites for hydroxylation is 2. The highest BCUT2D eigenvalue weighted by Gasteiger charge is 2.09. The smallest absolute Gasteiger partial charge is 0.175 e. The number of fused-ring (bicyclic) bond motifs is 3. The Hall–Kier alpha value is -2.59. The molecular formula is C22H21NO2S. The fourth-order valence-corrected chi connectivity index (χ4v) is 4.22. The number of hydrogen-bond donors (Lipinski definition) is 0. The van der Waals surface area contributed by atoms with Crippen molar-refractivity contribution in [1.29, 1.82) is 0 Å². The fraction of sp³-hybridized carbons (Fsp3) is 0.182. The predicted molar refractivity (Wildman–Crippen MR) is 107 cm³/mol. The van der Waals surface area contributed by atoms with E-state index in [-0.39, 0.29) is 0 Å². The minimum Gasteiger partial charge on any atom is -0.340 e. The zero-order valence-corrected chi connectivity index (χ0v) is 15.5. The fourth-order valence-electron chi connectivity index (χ4n) is 3.59. The second-order valence-corrected chi connectivity index (χ2v) is 8.72. The van der Waals surface area contributed by atoms with Gasteiger partial charge < -0.3 is 4.57 Å². The molecule has 0 radical (unpaired) electrons. The highest BCUT2D eigenvalue weighted by atomic mass is 32.2. The van der Waals surface area contributed by atoms with Gasteiger partial charge in [0.1, 0.15) is 0 Å². The van der Waals surface area contributed by atoms with Crippen molar-refractivity contribution in [2.45, 2.75) is 24.3 Å². The lowest BCUT2D eigenvalue weighted by Gasteiger charge is -2.08. The van der Waals surface area contributed by atoms with Gasteiger partial charge in [0.15, 0.2) is 9.84 Å². The second-order valence-electron chi connectivity index (χ2n) is 6.71. The third-order valence-corrected chi connectivity index (χ3v) is 6.01. The van der Waals surface area contributed by atoms with Gasteiger partial charge in [-0.3, -0.25) is 0 Å². The van der Waals surface area contributed by atoms with Gasteiger partial charge >= 0.3 is 0 Å². The molecule has 1 aromatic heterocycles. The largest absolute Gasteiger partial charge is 0.340 e. The maximum Gasteiger partial charge on any atom is 0.175 e. The number of aromatic nitrogens is 1. The molecule has 132 valence electrons. The second kappa shape index (κ2) is 6.61. The number of benzene rings is 3. The lowest BCUT2D eigenvalue weighted by Crippen LogP contribution is -2.00. The molecule has 0 saturated heterocycles. The van der Waals surface area contributed by atoms with E-state index in [1.807, 2.05) is 12.1 Å². The molecule has 0 spiro atoms. The van der Waals surface area contributed by atoms with Gasteiger partial charge in [0.25, 0.3) is 0 Å². The van der Waals surface area contributed by atoms with E-state index >= 15 is 0 Å². The van der Waals surface area contributed by atoms with Crippen LogP contribution in [0.1, 0.15) is 12.0 Å². The molecule has 0 atom stereocenters. The molecule has 0 amide bonds. The molecule has 4 rings (SSSR count). The Balaban J connectivity index is 1.56. The first-order valence-electron chi connectivity index (χ1n) is 8.79. The molecule has 4 aromatic rings. The van der Waals surface area contributed by atoms with Crippen LogP contribution in [0.2, 0.25) is 0 Å². The summed E-state index contributed by atoms with van der Waals surface area (Å²) in [4.78, 5) is 0.378. The molecule has 0 aliphatic carbocycles. The average Bonchev–Trinajstić information content (AvgIpc) is 2.96. The summed E-state index contributed by atoms with van der Waals surface area (Å²) in [5, 5.41) is 2.58. The van der Waals surface area contributed by atoms with Gasteiger partial charge in [-0.05, 0) is 42.7 Å². The Kier molecular flexibility index (Phi) is 4.29. The quantitative estimate of drug-likeness (QED) is 0.509. The Bertz CT molecular complexity index is 1120. The summed E-state index contributed by atoms with van der Waals surface area (Å²) in [6.45, 7) is 0.932. The molecule has 1 heterocycles. The van der Waals surface area contributed by atoms with Crippen LogP contribution in [-0.4, -0.2) is 19.2 Å². The molecule has 0 unspecified atom stereocenters. The van der Waals surface area contributed by atoms with E-state index in [2.05, 4.69) is 53.1 Å². The van der Waals surface area contributed by atoms with Crippen LogP contribution in [0.5, 0.6) is 0 Å². The minimum absolute atomic E-state index is 0.378. The summed E-state index contributed by atoms with van der Waals surface area (Å²) in [5.41, 5.74) is 3.69. The lowest BCUT2D eigenvalue weighted by molar-refractivity contribution is 0.602. The van der Waals surface area contributed by atoms with Gasteiger partial charge in [-0.1, -0.05) is 48.5 Å². The van der Waals surface area contributed by atoms with Gasteiger partial charge in [-0.2, -0.15) is 0 Å². The van der Waals surface area contributed by atoms with Crippen molar-refractivity contribution < 1.29 is 8.42 Å². The number of rotatable bonds is 5. The van der Waals surface area contributed by atoms with E-state index in [0.29, 0.717) is 4.90 Å². The Labute approximate surface area is 153 Å². The molecule has 26 heavy (non-hydrogen) atoms. The Morgan fingerprint density at radius 3 is 1.85 bits per heavy atom. The van der Waals surface area contributed by atoms with Crippen molar-refractivity contribution in [3.8, 4) is 0 Å². The van der Waals surface area contributed by atoms with Gasteiger partial charge in [-0.25, -0.2) is 8.42 Å². The van der Waals surface area contributed by atoms with Crippen molar-refractivity contribution in [3.05, 3.63) is 78.4 Å². The zero-order valence-electron chi connectivity index (χ0n) is 14.7. The molecule has 0 fully saturated rings. The molecule has 4 heteroatoms. The Morgan fingerprint density at radius 2 is 1.31 bits per heavy atom. The number of hydrogen-bond acceptors (Lipinski definition) is 2. The van der Waals surface area contributed by atoms with Crippen LogP contribution in [0.15, 0.2) is 77.7 Å². The van der Waals surface area contributed by atoms with Crippen molar-refractivity contribution in [2.75, 3.05) is 6.26 Å². The van der Waals surface area contributed by atoms with E-state index in [1.54, 1.807) is 12.1 Å². The first kappa shape index (κ1) is 16.9. The zero-order chi connectivity index (χ0) is 18.1. The standard InChI is InChI=1S/C22H21NO2S/c1-26(24,25)18-14-12-17(13-15-18)7-6-16-23-21-10-4-2-8-19(21)20-9-3-5-11-22(20)23/h2-5,8-15H,6-7,16H2,1H3. The molecule has 0 N–H and O–H groups in total. The van der Waals surface area contributed by atoms with Gasteiger partial charge in [-0.15, -0.1) is 0 Å².